The molecule has 34 heavy (non-hydrogen) atoms. The summed E-state index contributed by atoms with van der Waals surface area (Å²) in [6, 6.07) is 7.57. The summed E-state index contributed by atoms with van der Waals surface area (Å²) in [4.78, 5) is 18.7. The highest BCUT2D eigenvalue weighted by atomic mass is 19.1. The minimum atomic E-state index is -0.672. The molecule has 0 radical (unpaired) electrons. The molecule has 1 aliphatic carbocycles. The number of nitrogens with two attached hydrogens (primary N) is 1. The summed E-state index contributed by atoms with van der Waals surface area (Å²) in [6.07, 6.45) is 6.63. The van der Waals surface area contributed by atoms with Crippen LogP contribution in [0.3, 0.4) is 0 Å². The smallest absolute Gasteiger partial charge is 0.163 e. The third kappa shape index (κ3) is 4.68. The standard InChI is InChI=1S/C26H27F2N5O/c1-14-3-7-21-24(20-8-4-18(27)11-22(20)28)32-25(33-26(21)31-14)16-9-15(2)34-23(10-16)17(12-29)13-30-19-5-6-19/h3-4,7-8,11-13,15-16,19,23H,5-6,9-10,29H2,1-2H3/b17-12+,30-13?/t15-,16+,23-/m1/s1. The molecule has 3 atom stereocenters. The molecule has 6 nitrogen and oxygen atoms in total. The first-order chi connectivity index (χ1) is 16.4. The van der Waals surface area contributed by atoms with Crippen molar-refractivity contribution in [3.63, 3.8) is 0 Å². The van der Waals surface area contributed by atoms with Crippen molar-refractivity contribution in [2.45, 2.75) is 63.7 Å². The molecule has 0 spiro atoms. The quantitative estimate of drug-likeness (QED) is 0.538. The van der Waals surface area contributed by atoms with Gasteiger partial charge in [0.25, 0.3) is 0 Å². The van der Waals surface area contributed by atoms with Gasteiger partial charge in [0.1, 0.15) is 17.5 Å². The third-order valence-corrected chi connectivity index (χ3v) is 6.32. The van der Waals surface area contributed by atoms with Crippen LogP contribution in [-0.2, 0) is 4.74 Å². The number of pyridine rings is 1. The summed E-state index contributed by atoms with van der Waals surface area (Å²) < 4.78 is 34.5. The van der Waals surface area contributed by atoms with E-state index in [2.05, 4.69) is 9.98 Å². The average Bonchev–Trinajstić information content (AvgIpc) is 3.63. The highest BCUT2D eigenvalue weighted by Gasteiger charge is 2.33. The molecule has 5 rings (SSSR count). The molecular formula is C26H27F2N5O. The van der Waals surface area contributed by atoms with Crippen molar-refractivity contribution in [3.8, 4) is 11.3 Å². The Labute approximate surface area is 197 Å². The lowest BCUT2D eigenvalue weighted by Crippen LogP contribution is -2.33. The van der Waals surface area contributed by atoms with E-state index in [1.165, 1.54) is 12.1 Å². The topological polar surface area (TPSA) is 86.3 Å². The second-order valence-electron chi connectivity index (χ2n) is 9.16. The van der Waals surface area contributed by atoms with Gasteiger partial charge in [-0.1, -0.05) is 0 Å². The van der Waals surface area contributed by atoms with Crippen molar-refractivity contribution in [1.29, 1.82) is 0 Å². The first kappa shape index (κ1) is 22.5. The predicted octanol–water partition coefficient (Wildman–Crippen LogP) is 5.01. The molecule has 2 N–H and O–H groups in total. The van der Waals surface area contributed by atoms with E-state index in [0.717, 1.165) is 30.2 Å². The molecule has 1 aliphatic heterocycles. The molecule has 0 amide bonds. The molecule has 1 saturated heterocycles. The van der Waals surface area contributed by atoms with Gasteiger partial charge in [-0.2, -0.15) is 0 Å². The van der Waals surface area contributed by atoms with Gasteiger partial charge in [-0.15, -0.1) is 0 Å². The molecule has 3 heterocycles. The molecular weight excluding hydrogens is 436 g/mol. The first-order valence-corrected chi connectivity index (χ1v) is 11.6. The minimum absolute atomic E-state index is 0.0491. The Kier molecular flexibility index (Phi) is 6.08. The lowest BCUT2D eigenvalue weighted by atomic mass is 9.88. The van der Waals surface area contributed by atoms with Crippen LogP contribution in [0.4, 0.5) is 8.78 Å². The summed E-state index contributed by atoms with van der Waals surface area (Å²) >= 11 is 0. The van der Waals surface area contributed by atoms with Crippen molar-refractivity contribution < 1.29 is 13.5 Å². The summed E-state index contributed by atoms with van der Waals surface area (Å²) in [7, 11) is 0. The van der Waals surface area contributed by atoms with Crippen molar-refractivity contribution in [2.75, 3.05) is 0 Å². The fourth-order valence-corrected chi connectivity index (χ4v) is 4.41. The Balaban J connectivity index is 1.56. The summed E-state index contributed by atoms with van der Waals surface area (Å²) in [6.45, 7) is 3.89. The zero-order chi connectivity index (χ0) is 23.8. The molecule has 2 aliphatic rings. The van der Waals surface area contributed by atoms with Gasteiger partial charge in [0.15, 0.2) is 5.65 Å². The largest absolute Gasteiger partial charge is 0.404 e. The zero-order valence-corrected chi connectivity index (χ0v) is 19.2. The number of aliphatic imine (C=N–C) groups is 1. The van der Waals surface area contributed by atoms with Crippen LogP contribution in [0.2, 0.25) is 0 Å². The van der Waals surface area contributed by atoms with E-state index in [0.29, 0.717) is 41.4 Å². The summed E-state index contributed by atoms with van der Waals surface area (Å²) in [5, 5.41) is 0.621. The van der Waals surface area contributed by atoms with Crippen molar-refractivity contribution in [3.05, 3.63) is 65.3 Å². The van der Waals surface area contributed by atoms with Gasteiger partial charge in [0.2, 0.25) is 0 Å². The SMILES string of the molecule is Cc1ccc2c(-c3ccc(F)cc3F)nc([C@H]3C[C@@H](C)O[C@@H](/C(C=NC4CC4)=C/N)C3)nc2n1. The van der Waals surface area contributed by atoms with E-state index >= 15 is 0 Å². The van der Waals surface area contributed by atoms with Crippen molar-refractivity contribution >= 4 is 17.2 Å². The Bertz CT molecular complexity index is 1290. The van der Waals surface area contributed by atoms with E-state index in [1.807, 2.05) is 32.2 Å². The number of aromatic nitrogens is 3. The van der Waals surface area contributed by atoms with Gasteiger partial charge in [0.05, 0.1) is 23.9 Å². The number of halogens is 2. The second kappa shape index (κ2) is 9.18. The Morgan fingerprint density at radius 1 is 1.12 bits per heavy atom. The van der Waals surface area contributed by atoms with Gasteiger partial charge >= 0.3 is 0 Å². The molecule has 0 bridgehead atoms. The van der Waals surface area contributed by atoms with Crippen LogP contribution >= 0.6 is 0 Å². The van der Waals surface area contributed by atoms with E-state index in [-0.39, 0.29) is 23.7 Å². The number of aryl methyl sites for hydroxylation is 1. The number of ether oxygens (including phenoxy) is 1. The van der Waals surface area contributed by atoms with Gasteiger partial charge in [0, 0.05) is 46.6 Å². The molecule has 2 fully saturated rings. The Morgan fingerprint density at radius 2 is 1.94 bits per heavy atom. The van der Waals surface area contributed by atoms with Crippen LogP contribution in [0.5, 0.6) is 0 Å². The van der Waals surface area contributed by atoms with E-state index in [4.69, 9.17) is 20.4 Å². The second-order valence-corrected chi connectivity index (χ2v) is 9.16. The lowest BCUT2D eigenvalue weighted by molar-refractivity contribution is -0.0272. The van der Waals surface area contributed by atoms with Crippen LogP contribution in [-0.4, -0.2) is 39.4 Å². The van der Waals surface area contributed by atoms with Crippen molar-refractivity contribution in [1.82, 2.24) is 15.0 Å². The van der Waals surface area contributed by atoms with Crippen LogP contribution in [0.1, 0.15) is 50.0 Å². The van der Waals surface area contributed by atoms with Crippen LogP contribution in [0.25, 0.3) is 22.3 Å². The maximum atomic E-state index is 14.8. The van der Waals surface area contributed by atoms with Gasteiger partial charge in [-0.25, -0.2) is 23.7 Å². The van der Waals surface area contributed by atoms with E-state index in [1.54, 1.807) is 6.20 Å². The average molecular weight is 464 g/mol. The van der Waals surface area contributed by atoms with E-state index < -0.39 is 11.6 Å². The lowest BCUT2D eigenvalue weighted by Gasteiger charge is -2.33. The minimum Gasteiger partial charge on any atom is -0.404 e. The molecule has 1 aromatic carbocycles. The maximum Gasteiger partial charge on any atom is 0.163 e. The molecule has 2 aromatic heterocycles. The summed E-state index contributed by atoms with van der Waals surface area (Å²) in [5.74, 6) is -0.787. The molecule has 176 valence electrons. The predicted molar refractivity (Wildman–Crippen MR) is 128 cm³/mol. The molecule has 0 unspecified atom stereocenters. The first-order valence-electron chi connectivity index (χ1n) is 11.6. The maximum absolute atomic E-state index is 14.8. The normalized spacial score (nSPS) is 23.6. The van der Waals surface area contributed by atoms with Crippen LogP contribution < -0.4 is 5.73 Å². The molecule has 3 aromatic rings. The molecule has 1 saturated carbocycles. The van der Waals surface area contributed by atoms with Crippen LogP contribution in [0, 0.1) is 18.6 Å². The highest BCUT2D eigenvalue weighted by molar-refractivity contribution is 5.90. The Morgan fingerprint density at radius 3 is 2.68 bits per heavy atom. The number of rotatable bonds is 5. The van der Waals surface area contributed by atoms with Gasteiger partial charge in [-0.05, 0) is 63.8 Å². The monoisotopic (exact) mass is 463 g/mol. The number of hydrogen-bond acceptors (Lipinski definition) is 6. The molecule has 8 heteroatoms. The van der Waals surface area contributed by atoms with Gasteiger partial charge < -0.3 is 10.5 Å². The number of nitrogens with zero attached hydrogens (tertiary/aromatic N) is 4. The van der Waals surface area contributed by atoms with Gasteiger partial charge in [-0.3, -0.25) is 4.99 Å². The fourth-order valence-electron chi connectivity index (χ4n) is 4.41. The fraction of sp³-hybridized carbons (Fsp3) is 0.385. The number of benzene rings is 1. The van der Waals surface area contributed by atoms with Crippen LogP contribution in [0.15, 0.2) is 47.1 Å². The third-order valence-electron chi connectivity index (χ3n) is 6.32. The van der Waals surface area contributed by atoms with Crippen molar-refractivity contribution in [2.24, 2.45) is 10.7 Å². The zero-order valence-electron chi connectivity index (χ0n) is 19.2. The Hall–Kier alpha value is -3.26. The summed E-state index contributed by atoms with van der Waals surface area (Å²) in [5.41, 5.74) is 8.66. The number of fused-ring (bicyclic) bond motifs is 1. The highest BCUT2D eigenvalue weighted by Crippen LogP contribution is 2.37. The number of hydrogen-bond donors (Lipinski definition) is 1. The van der Waals surface area contributed by atoms with E-state index in [9.17, 15) is 8.78 Å².